The van der Waals surface area contributed by atoms with Crippen molar-refractivity contribution in [2.75, 3.05) is 0 Å². The fraction of sp³-hybridized carbons (Fsp3) is 0.308. The second kappa shape index (κ2) is 3.87. The lowest BCUT2D eigenvalue weighted by Gasteiger charge is -2.18. The van der Waals surface area contributed by atoms with E-state index in [-0.39, 0.29) is 10.8 Å². The normalized spacial score (nSPS) is 12.0. The smallest absolute Gasteiger partial charge is 0.206 e. The summed E-state index contributed by atoms with van der Waals surface area (Å²) in [6.07, 6.45) is 1.50. The molecule has 2 rings (SSSR count). The summed E-state index contributed by atoms with van der Waals surface area (Å²) in [5.74, 6) is 0. The molecule has 1 aromatic heterocycles. The number of rotatable bonds is 0. The Morgan fingerprint density at radius 2 is 1.94 bits per heavy atom. The third-order valence-electron chi connectivity index (χ3n) is 2.60. The summed E-state index contributed by atoms with van der Waals surface area (Å²) in [4.78, 5) is 11.9. The predicted molar refractivity (Wildman–Crippen MR) is 73.9 cm³/mol. The van der Waals surface area contributed by atoms with E-state index in [1.54, 1.807) is 0 Å². The topological polar surface area (TPSA) is 30.2 Å². The number of halogens is 1. The van der Waals surface area contributed by atoms with Crippen LogP contribution < -0.4 is 5.43 Å². The van der Waals surface area contributed by atoms with Crippen LogP contribution in [0.3, 0.4) is 0 Å². The summed E-state index contributed by atoms with van der Waals surface area (Å²) in [6, 6.07) is 5.81. The van der Waals surface area contributed by atoms with Crippen molar-refractivity contribution in [1.29, 1.82) is 0 Å². The molecule has 0 aliphatic heterocycles. The van der Waals surface area contributed by atoms with E-state index in [0.29, 0.717) is 14.5 Å². The highest BCUT2D eigenvalue weighted by atomic mass is 127. The van der Waals surface area contributed by atoms with Crippen LogP contribution in [0.4, 0.5) is 0 Å². The van der Waals surface area contributed by atoms with E-state index in [0.717, 1.165) is 5.56 Å². The molecule has 0 fully saturated rings. The van der Waals surface area contributed by atoms with Gasteiger partial charge in [-0.15, -0.1) is 0 Å². The summed E-state index contributed by atoms with van der Waals surface area (Å²) in [7, 11) is 0. The molecule has 1 heterocycles. The van der Waals surface area contributed by atoms with Crippen LogP contribution in [0.2, 0.25) is 0 Å². The average molecular weight is 328 g/mol. The van der Waals surface area contributed by atoms with Crippen LogP contribution in [0.25, 0.3) is 11.0 Å². The number of hydrogen-bond acceptors (Lipinski definition) is 2. The van der Waals surface area contributed by atoms with Crippen molar-refractivity contribution in [2.45, 2.75) is 26.2 Å². The molecule has 0 radical (unpaired) electrons. The van der Waals surface area contributed by atoms with Crippen LogP contribution in [0.15, 0.2) is 33.7 Å². The van der Waals surface area contributed by atoms with E-state index < -0.39 is 0 Å². The van der Waals surface area contributed by atoms with Crippen molar-refractivity contribution >= 4 is 33.6 Å². The molecule has 84 valence electrons. The molecule has 16 heavy (non-hydrogen) atoms. The quantitative estimate of drug-likeness (QED) is 0.691. The van der Waals surface area contributed by atoms with Gasteiger partial charge in [-0.05, 0) is 45.7 Å². The monoisotopic (exact) mass is 328 g/mol. The van der Waals surface area contributed by atoms with E-state index in [2.05, 4.69) is 20.8 Å². The van der Waals surface area contributed by atoms with Crippen LogP contribution in [-0.4, -0.2) is 0 Å². The zero-order valence-corrected chi connectivity index (χ0v) is 11.7. The van der Waals surface area contributed by atoms with Crippen molar-refractivity contribution in [3.63, 3.8) is 0 Å². The van der Waals surface area contributed by atoms with Crippen molar-refractivity contribution in [2.24, 2.45) is 0 Å². The average Bonchev–Trinajstić information content (AvgIpc) is 2.22. The maximum absolute atomic E-state index is 11.9. The fourth-order valence-corrected chi connectivity index (χ4v) is 1.99. The Balaban J connectivity index is 2.79. The Bertz CT molecular complexity index is 591. The van der Waals surface area contributed by atoms with Crippen LogP contribution in [-0.2, 0) is 5.41 Å². The van der Waals surface area contributed by atoms with Crippen molar-refractivity contribution < 1.29 is 4.42 Å². The predicted octanol–water partition coefficient (Wildman–Crippen LogP) is 3.70. The molecule has 2 aromatic rings. The summed E-state index contributed by atoms with van der Waals surface area (Å²) >= 11 is 2.00. The van der Waals surface area contributed by atoms with Crippen molar-refractivity contribution in [3.8, 4) is 0 Å². The lowest BCUT2D eigenvalue weighted by molar-refractivity contribution is 0.584. The Kier molecular flexibility index (Phi) is 2.82. The van der Waals surface area contributed by atoms with Crippen molar-refractivity contribution in [3.05, 3.63) is 43.8 Å². The lowest BCUT2D eigenvalue weighted by atomic mass is 9.86. The number of benzene rings is 1. The molecule has 0 saturated heterocycles. The third kappa shape index (κ3) is 2.00. The first kappa shape index (κ1) is 11.6. The minimum absolute atomic E-state index is 0.0436. The molecule has 0 N–H and O–H groups in total. The molecular weight excluding hydrogens is 315 g/mol. The maximum Gasteiger partial charge on any atom is 0.206 e. The molecule has 1 aromatic carbocycles. The summed E-state index contributed by atoms with van der Waals surface area (Å²) in [6.45, 7) is 6.39. The van der Waals surface area contributed by atoms with Gasteiger partial charge >= 0.3 is 0 Å². The van der Waals surface area contributed by atoms with Gasteiger partial charge in [0.15, 0.2) is 0 Å². The van der Waals surface area contributed by atoms with E-state index in [9.17, 15) is 4.79 Å². The van der Waals surface area contributed by atoms with Gasteiger partial charge in [-0.25, -0.2) is 0 Å². The van der Waals surface area contributed by atoms with Crippen LogP contribution in [0.1, 0.15) is 26.3 Å². The van der Waals surface area contributed by atoms with Gasteiger partial charge in [-0.3, -0.25) is 4.79 Å². The fourth-order valence-electron chi connectivity index (χ4n) is 1.57. The van der Waals surface area contributed by atoms with Gasteiger partial charge in [0.1, 0.15) is 11.8 Å². The van der Waals surface area contributed by atoms with E-state index in [1.807, 2.05) is 40.8 Å². The van der Waals surface area contributed by atoms with Gasteiger partial charge in [-0.2, -0.15) is 0 Å². The van der Waals surface area contributed by atoms with Crippen molar-refractivity contribution in [1.82, 2.24) is 0 Å². The first-order valence-electron chi connectivity index (χ1n) is 5.11. The summed E-state index contributed by atoms with van der Waals surface area (Å²) in [5, 5.41) is 0.666. The molecule has 2 nitrogen and oxygen atoms in total. The zero-order chi connectivity index (χ0) is 11.9. The second-order valence-corrected chi connectivity index (χ2v) is 6.04. The van der Waals surface area contributed by atoms with Gasteiger partial charge in [-0.1, -0.05) is 26.8 Å². The molecule has 0 saturated carbocycles. The van der Waals surface area contributed by atoms with Crippen LogP contribution in [0.5, 0.6) is 0 Å². The molecule has 0 aliphatic rings. The van der Waals surface area contributed by atoms with Gasteiger partial charge in [0.2, 0.25) is 5.43 Å². The Morgan fingerprint density at radius 3 is 2.56 bits per heavy atom. The lowest BCUT2D eigenvalue weighted by Crippen LogP contribution is -2.12. The first-order chi connectivity index (χ1) is 7.39. The molecular formula is C13H13IO2. The second-order valence-electron chi connectivity index (χ2n) is 4.87. The number of hydrogen-bond donors (Lipinski definition) is 0. The molecule has 0 unspecified atom stereocenters. The Morgan fingerprint density at radius 1 is 1.25 bits per heavy atom. The molecule has 0 bridgehead atoms. The highest BCUT2D eigenvalue weighted by molar-refractivity contribution is 14.1. The largest absolute Gasteiger partial charge is 0.463 e. The maximum atomic E-state index is 11.9. The van der Waals surface area contributed by atoms with Gasteiger partial charge in [0, 0.05) is 0 Å². The van der Waals surface area contributed by atoms with Gasteiger partial charge in [0.05, 0.1) is 8.96 Å². The van der Waals surface area contributed by atoms with E-state index in [4.69, 9.17) is 4.42 Å². The Labute approximate surface area is 108 Å². The van der Waals surface area contributed by atoms with E-state index >= 15 is 0 Å². The van der Waals surface area contributed by atoms with E-state index in [1.165, 1.54) is 6.26 Å². The zero-order valence-electron chi connectivity index (χ0n) is 9.50. The standard InChI is InChI=1S/C13H13IO2/c1-13(2,3)8-4-5-11-9(6-8)12(15)10(14)7-16-11/h4-7H,1-3H3. The number of fused-ring (bicyclic) bond motifs is 1. The summed E-state index contributed by atoms with van der Waals surface area (Å²) in [5.41, 5.74) is 1.89. The minimum Gasteiger partial charge on any atom is -0.463 e. The molecule has 0 atom stereocenters. The Hall–Kier alpha value is -0.840. The van der Waals surface area contributed by atoms with Crippen LogP contribution in [0, 0.1) is 3.57 Å². The highest BCUT2D eigenvalue weighted by Gasteiger charge is 2.15. The molecule has 0 amide bonds. The molecule has 0 spiro atoms. The van der Waals surface area contributed by atoms with Crippen LogP contribution >= 0.6 is 22.6 Å². The highest BCUT2D eigenvalue weighted by Crippen LogP contribution is 2.25. The molecule has 0 aliphatic carbocycles. The third-order valence-corrected chi connectivity index (χ3v) is 3.34. The van der Waals surface area contributed by atoms with Gasteiger partial charge in [0.25, 0.3) is 0 Å². The summed E-state index contributed by atoms with van der Waals surface area (Å²) < 4.78 is 6.00. The SMILES string of the molecule is CC(C)(C)c1ccc2occ(I)c(=O)c2c1. The minimum atomic E-state index is 0.0436. The van der Waals surface area contributed by atoms with Gasteiger partial charge < -0.3 is 4.42 Å². The molecule has 3 heteroatoms. The first-order valence-corrected chi connectivity index (χ1v) is 6.19.